The zero-order valence-electron chi connectivity index (χ0n) is 11.3. The van der Waals surface area contributed by atoms with Crippen LogP contribution in [-0.4, -0.2) is 23.0 Å². The summed E-state index contributed by atoms with van der Waals surface area (Å²) in [5.41, 5.74) is 5.12. The third kappa shape index (κ3) is 3.10. The summed E-state index contributed by atoms with van der Waals surface area (Å²) in [6, 6.07) is 8.20. The molecule has 0 atom stereocenters. The molecule has 3 N–H and O–H groups in total. The largest absolute Gasteiger partial charge is 0.508 e. The predicted molar refractivity (Wildman–Crippen MR) is 74.7 cm³/mol. The van der Waals surface area contributed by atoms with Gasteiger partial charge in [-0.15, -0.1) is 0 Å². The molecule has 2 aromatic rings. The van der Waals surface area contributed by atoms with Gasteiger partial charge in [-0.2, -0.15) is 0 Å². The summed E-state index contributed by atoms with van der Waals surface area (Å²) < 4.78 is 27.5. The fraction of sp³-hybridized carbons (Fsp3) is 0.133. The lowest BCUT2D eigenvalue weighted by atomic mass is 10.1. The number of rotatable bonds is 3. The summed E-state index contributed by atoms with van der Waals surface area (Å²) in [5, 5.41) is 9.19. The number of amides is 1. The second-order valence-electron chi connectivity index (χ2n) is 4.65. The summed E-state index contributed by atoms with van der Waals surface area (Å²) in [4.78, 5) is 13.3. The van der Waals surface area contributed by atoms with E-state index in [4.69, 9.17) is 5.73 Å². The van der Waals surface area contributed by atoms with Gasteiger partial charge in [0.05, 0.1) is 5.69 Å². The summed E-state index contributed by atoms with van der Waals surface area (Å²) in [5.74, 6) is -2.71. The van der Waals surface area contributed by atoms with Gasteiger partial charge in [-0.05, 0) is 29.8 Å². The molecule has 0 bridgehead atoms. The zero-order valence-corrected chi connectivity index (χ0v) is 11.3. The van der Waals surface area contributed by atoms with Crippen molar-refractivity contribution in [3.05, 3.63) is 59.2 Å². The Morgan fingerprint density at radius 3 is 2.43 bits per heavy atom. The SMILES string of the molecule is CN(Cc1ccc(O)cc1)C(=O)c1c(F)ccc(N)c1F. The minimum absolute atomic E-state index is 0.0978. The highest BCUT2D eigenvalue weighted by Crippen LogP contribution is 2.21. The number of nitrogens with zero attached hydrogens (tertiary/aromatic N) is 1. The third-order valence-electron chi connectivity index (χ3n) is 3.04. The molecule has 0 aliphatic heterocycles. The molecular formula is C15H14F2N2O2. The van der Waals surface area contributed by atoms with Gasteiger partial charge in [0.1, 0.15) is 17.1 Å². The van der Waals surface area contributed by atoms with Gasteiger partial charge < -0.3 is 15.7 Å². The number of phenolic OH excluding ortho intramolecular Hbond substituents is 1. The van der Waals surface area contributed by atoms with Gasteiger partial charge in [-0.3, -0.25) is 4.79 Å². The Kier molecular flexibility index (Phi) is 4.07. The number of aromatic hydroxyl groups is 1. The molecule has 110 valence electrons. The lowest BCUT2D eigenvalue weighted by Crippen LogP contribution is -2.28. The Morgan fingerprint density at radius 2 is 1.81 bits per heavy atom. The average molecular weight is 292 g/mol. The molecule has 21 heavy (non-hydrogen) atoms. The second kappa shape index (κ2) is 5.78. The molecule has 0 aromatic heterocycles. The Bertz CT molecular complexity index is 672. The molecule has 0 aliphatic rings. The standard InChI is InChI=1S/C15H14F2N2O2/c1-19(8-9-2-4-10(20)5-3-9)15(21)13-11(16)6-7-12(18)14(13)17/h2-7,20H,8,18H2,1H3. The van der Waals surface area contributed by atoms with Crippen molar-refractivity contribution in [3.8, 4) is 5.75 Å². The first kappa shape index (κ1) is 14.8. The van der Waals surface area contributed by atoms with Crippen LogP contribution in [0.15, 0.2) is 36.4 Å². The Balaban J connectivity index is 2.24. The molecule has 0 spiro atoms. The molecule has 0 aliphatic carbocycles. The maximum atomic E-state index is 13.8. The third-order valence-corrected chi connectivity index (χ3v) is 3.04. The number of benzene rings is 2. The molecule has 0 unspecified atom stereocenters. The van der Waals surface area contributed by atoms with Gasteiger partial charge in [0, 0.05) is 13.6 Å². The monoisotopic (exact) mass is 292 g/mol. The molecule has 1 amide bonds. The lowest BCUT2D eigenvalue weighted by Gasteiger charge is -2.18. The minimum atomic E-state index is -1.06. The molecular weight excluding hydrogens is 278 g/mol. The van der Waals surface area contributed by atoms with Crippen molar-refractivity contribution < 1.29 is 18.7 Å². The number of nitrogen functional groups attached to an aromatic ring is 1. The van der Waals surface area contributed by atoms with Crippen molar-refractivity contribution in [2.75, 3.05) is 12.8 Å². The molecule has 0 radical (unpaired) electrons. The Labute approximate surface area is 120 Å². The number of halogens is 2. The molecule has 0 saturated heterocycles. The highest BCUT2D eigenvalue weighted by Gasteiger charge is 2.22. The maximum Gasteiger partial charge on any atom is 0.259 e. The molecule has 4 nitrogen and oxygen atoms in total. The van der Waals surface area contributed by atoms with Crippen molar-refractivity contribution in [1.29, 1.82) is 0 Å². The molecule has 2 aromatic carbocycles. The zero-order chi connectivity index (χ0) is 15.6. The highest BCUT2D eigenvalue weighted by molar-refractivity contribution is 5.95. The van der Waals surface area contributed by atoms with E-state index in [1.165, 1.54) is 24.1 Å². The highest BCUT2D eigenvalue weighted by atomic mass is 19.1. The van der Waals surface area contributed by atoms with E-state index in [0.29, 0.717) is 5.56 Å². The van der Waals surface area contributed by atoms with Gasteiger partial charge in [0.25, 0.3) is 5.91 Å². The average Bonchev–Trinajstić information content (AvgIpc) is 2.45. The van der Waals surface area contributed by atoms with Crippen molar-refractivity contribution in [1.82, 2.24) is 4.90 Å². The molecule has 6 heteroatoms. The van der Waals surface area contributed by atoms with Crippen LogP contribution in [0, 0.1) is 11.6 Å². The number of phenols is 1. The first-order chi connectivity index (χ1) is 9.90. The van der Waals surface area contributed by atoms with Crippen LogP contribution in [0.5, 0.6) is 5.75 Å². The second-order valence-corrected chi connectivity index (χ2v) is 4.65. The maximum absolute atomic E-state index is 13.8. The van der Waals surface area contributed by atoms with E-state index < -0.39 is 23.1 Å². The van der Waals surface area contributed by atoms with Crippen LogP contribution in [0.25, 0.3) is 0 Å². The van der Waals surface area contributed by atoms with Crippen LogP contribution in [0.2, 0.25) is 0 Å². The lowest BCUT2D eigenvalue weighted by molar-refractivity contribution is 0.0775. The number of hydrogen-bond acceptors (Lipinski definition) is 3. The van der Waals surface area contributed by atoms with E-state index in [2.05, 4.69) is 0 Å². The fourth-order valence-electron chi connectivity index (χ4n) is 1.90. The topological polar surface area (TPSA) is 66.6 Å². The molecule has 2 rings (SSSR count). The van der Waals surface area contributed by atoms with E-state index in [1.54, 1.807) is 12.1 Å². The predicted octanol–water partition coefficient (Wildman–Crippen LogP) is 2.52. The fourth-order valence-corrected chi connectivity index (χ4v) is 1.90. The van der Waals surface area contributed by atoms with E-state index in [0.717, 1.165) is 12.1 Å². The van der Waals surface area contributed by atoms with Gasteiger partial charge in [-0.1, -0.05) is 12.1 Å². The van der Waals surface area contributed by atoms with E-state index in [-0.39, 0.29) is 18.0 Å². The number of carbonyl (C=O) groups excluding carboxylic acids is 1. The van der Waals surface area contributed by atoms with Gasteiger partial charge in [0.2, 0.25) is 0 Å². The number of hydrogen-bond donors (Lipinski definition) is 2. The van der Waals surface area contributed by atoms with Crippen LogP contribution in [0.1, 0.15) is 15.9 Å². The van der Waals surface area contributed by atoms with Gasteiger partial charge in [0.15, 0.2) is 5.82 Å². The van der Waals surface area contributed by atoms with E-state index in [1.807, 2.05) is 0 Å². The Hall–Kier alpha value is -2.63. The van der Waals surface area contributed by atoms with E-state index in [9.17, 15) is 18.7 Å². The first-order valence-corrected chi connectivity index (χ1v) is 6.17. The normalized spacial score (nSPS) is 10.4. The number of nitrogens with two attached hydrogens (primary N) is 1. The molecule has 0 heterocycles. The van der Waals surface area contributed by atoms with Crippen LogP contribution < -0.4 is 5.73 Å². The van der Waals surface area contributed by atoms with Crippen LogP contribution in [0.4, 0.5) is 14.5 Å². The quantitative estimate of drug-likeness (QED) is 0.854. The Morgan fingerprint density at radius 1 is 1.19 bits per heavy atom. The van der Waals surface area contributed by atoms with Crippen LogP contribution in [-0.2, 0) is 6.54 Å². The number of carbonyl (C=O) groups is 1. The summed E-state index contributed by atoms with van der Waals surface area (Å²) in [6.45, 7) is 0.146. The van der Waals surface area contributed by atoms with Crippen molar-refractivity contribution in [2.24, 2.45) is 0 Å². The molecule has 0 saturated carbocycles. The summed E-state index contributed by atoms with van der Waals surface area (Å²) >= 11 is 0. The van der Waals surface area contributed by atoms with E-state index >= 15 is 0 Å². The number of anilines is 1. The first-order valence-electron chi connectivity index (χ1n) is 6.17. The summed E-state index contributed by atoms with van der Waals surface area (Å²) in [6.07, 6.45) is 0. The van der Waals surface area contributed by atoms with Crippen molar-refractivity contribution in [2.45, 2.75) is 6.54 Å². The summed E-state index contributed by atoms with van der Waals surface area (Å²) in [7, 11) is 1.43. The minimum Gasteiger partial charge on any atom is -0.508 e. The van der Waals surface area contributed by atoms with Crippen LogP contribution >= 0.6 is 0 Å². The van der Waals surface area contributed by atoms with Crippen LogP contribution in [0.3, 0.4) is 0 Å². The smallest absolute Gasteiger partial charge is 0.259 e. The van der Waals surface area contributed by atoms with Gasteiger partial charge in [-0.25, -0.2) is 8.78 Å². The van der Waals surface area contributed by atoms with Gasteiger partial charge >= 0.3 is 0 Å². The molecule has 0 fully saturated rings. The van der Waals surface area contributed by atoms with Crippen molar-refractivity contribution in [3.63, 3.8) is 0 Å². The van der Waals surface area contributed by atoms with Crippen molar-refractivity contribution >= 4 is 11.6 Å².